The van der Waals surface area contributed by atoms with Gasteiger partial charge in [-0.05, 0) is 48.9 Å². The first-order valence-corrected chi connectivity index (χ1v) is 10.4. The Labute approximate surface area is 184 Å². The van der Waals surface area contributed by atoms with E-state index < -0.39 is 0 Å². The van der Waals surface area contributed by atoms with Gasteiger partial charge in [0, 0.05) is 20.2 Å². The fraction of sp³-hybridized carbons (Fsp3) is 0.261. The van der Waals surface area contributed by atoms with Crippen LogP contribution in [-0.2, 0) is 17.9 Å². The number of amides is 1. The van der Waals surface area contributed by atoms with E-state index >= 15 is 0 Å². The first kappa shape index (κ1) is 22.4. The lowest BCUT2D eigenvalue weighted by Crippen LogP contribution is -2.33. The maximum Gasteiger partial charge on any atom is 0.266 e. The molecular formula is C23H22FN3O3S. The number of halogens is 1. The largest absolute Gasteiger partial charge is 0.486 e. The average Bonchev–Trinajstić information content (AvgIpc) is 3.16. The van der Waals surface area contributed by atoms with Crippen molar-refractivity contribution in [3.63, 3.8) is 0 Å². The van der Waals surface area contributed by atoms with Crippen LogP contribution in [0.25, 0.3) is 0 Å². The molecule has 3 aromatic rings. The first-order valence-electron chi connectivity index (χ1n) is 9.62. The Morgan fingerprint density at radius 2 is 1.90 bits per heavy atom. The van der Waals surface area contributed by atoms with Gasteiger partial charge in [-0.15, -0.1) is 11.3 Å². The van der Waals surface area contributed by atoms with Gasteiger partial charge in [0.05, 0.1) is 23.9 Å². The molecule has 0 atom stereocenters. The molecule has 0 bridgehead atoms. The quantitative estimate of drug-likeness (QED) is 0.496. The third kappa shape index (κ3) is 6.10. The van der Waals surface area contributed by atoms with Gasteiger partial charge in [-0.2, -0.15) is 5.26 Å². The number of hydrogen-bond donors (Lipinski definition) is 0. The van der Waals surface area contributed by atoms with Crippen LogP contribution in [0.15, 0.2) is 48.5 Å². The first-order chi connectivity index (χ1) is 15.0. The zero-order chi connectivity index (χ0) is 22.2. The Morgan fingerprint density at radius 1 is 1.19 bits per heavy atom. The summed E-state index contributed by atoms with van der Waals surface area (Å²) in [5.41, 5.74) is 2.13. The molecule has 0 aliphatic carbocycles. The predicted octanol–water partition coefficient (Wildman–Crippen LogP) is 4.33. The number of rotatable bonds is 9. The summed E-state index contributed by atoms with van der Waals surface area (Å²) in [5.74, 6) is 0.0675. The predicted molar refractivity (Wildman–Crippen MR) is 115 cm³/mol. The average molecular weight is 440 g/mol. The minimum atomic E-state index is -0.330. The Hall–Kier alpha value is -3.28. The minimum absolute atomic E-state index is 0.135. The van der Waals surface area contributed by atoms with Crippen LogP contribution in [-0.4, -0.2) is 36.1 Å². The lowest BCUT2D eigenvalue weighted by atomic mass is 10.1. The molecule has 1 heterocycles. The highest BCUT2D eigenvalue weighted by Gasteiger charge is 2.22. The van der Waals surface area contributed by atoms with Gasteiger partial charge in [-0.25, -0.2) is 9.37 Å². The molecule has 6 nitrogen and oxygen atoms in total. The van der Waals surface area contributed by atoms with E-state index in [1.165, 1.54) is 23.5 Å². The van der Waals surface area contributed by atoms with Crippen molar-refractivity contribution in [3.8, 4) is 11.8 Å². The molecule has 160 valence electrons. The highest BCUT2D eigenvalue weighted by Crippen LogP contribution is 2.23. The molecule has 3 rings (SSSR count). The van der Waals surface area contributed by atoms with Crippen LogP contribution >= 0.6 is 11.3 Å². The van der Waals surface area contributed by atoms with E-state index in [2.05, 4.69) is 11.1 Å². The molecule has 0 saturated carbocycles. The molecule has 0 unspecified atom stereocenters. The number of nitriles is 1. The molecule has 0 N–H and O–H groups in total. The maximum absolute atomic E-state index is 13.2. The van der Waals surface area contributed by atoms with Crippen molar-refractivity contribution in [2.45, 2.75) is 20.1 Å². The Balaban J connectivity index is 1.72. The summed E-state index contributed by atoms with van der Waals surface area (Å²) in [7, 11) is 1.59. The number of ether oxygens (including phenoxy) is 2. The SMILES string of the molecule is COCCN(Cc1ccc(C#N)cc1)C(=O)c1sc(COc2ccc(F)cc2)nc1C. The summed E-state index contributed by atoms with van der Waals surface area (Å²) < 4.78 is 23.8. The van der Waals surface area contributed by atoms with Gasteiger partial charge in [-0.1, -0.05) is 12.1 Å². The molecule has 31 heavy (non-hydrogen) atoms. The van der Waals surface area contributed by atoms with Crippen molar-refractivity contribution in [2.75, 3.05) is 20.3 Å². The van der Waals surface area contributed by atoms with Crippen LogP contribution < -0.4 is 4.74 Å². The zero-order valence-electron chi connectivity index (χ0n) is 17.3. The van der Waals surface area contributed by atoms with Gasteiger partial charge < -0.3 is 14.4 Å². The van der Waals surface area contributed by atoms with Crippen LogP contribution in [0, 0.1) is 24.1 Å². The lowest BCUT2D eigenvalue weighted by Gasteiger charge is -2.22. The van der Waals surface area contributed by atoms with Crippen molar-refractivity contribution in [2.24, 2.45) is 0 Å². The minimum Gasteiger partial charge on any atom is -0.486 e. The fourth-order valence-electron chi connectivity index (χ4n) is 2.89. The summed E-state index contributed by atoms with van der Waals surface area (Å²) >= 11 is 1.28. The monoisotopic (exact) mass is 439 g/mol. The van der Waals surface area contributed by atoms with E-state index in [1.807, 2.05) is 12.1 Å². The molecule has 0 aliphatic heterocycles. The second kappa shape index (κ2) is 10.7. The zero-order valence-corrected chi connectivity index (χ0v) is 18.1. The van der Waals surface area contributed by atoms with Crippen LogP contribution in [0.5, 0.6) is 5.75 Å². The Bertz CT molecular complexity index is 1060. The van der Waals surface area contributed by atoms with Gasteiger partial charge in [0.15, 0.2) is 0 Å². The van der Waals surface area contributed by atoms with E-state index in [0.29, 0.717) is 46.6 Å². The Kier molecular flexibility index (Phi) is 7.70. The molecule has 1 amide bonds. The molecule has 0 aliphatic rings. The van der Waals surface area contributed by atoms with Crippen molar-refractivity contribution in [1.82, 2.24) is 9.88 Å². The smallest absolute Gasteiger partial charge is 0.266 e. The van der Waals surface area contributed by atoms with Crippen molar-refractivity contribution < 1.29 is 18.7 Å². The van der Waals surface area contributed by atoms with Crippen LogP contribution in [0.2, 0.25) is 0 Å². The van der Waals surface area contributed by atoms with Crippen LogP contribution in [0.3, 0.4) is 0 Å². The van der Waals surface area contributed by atoms with Gasteiger partial charge in [0.1, 0.15) is 28.1 Å². The molecule has 1 aromatic heterocycles. The second-order valence-corrected chi connectivity index (χ2v) is 7.88. The molecule has 0 radical (unpaired) electrons. The summed E-state index contributed by atoms with van der Waals surface area (Å²) in [6.45, 7) is 3.21. The van der Waals surface area contributed by atoms with Gasteiger partial charge >= 0.3 is 0 Å². The standard InChI is InChI=1S/C23H22FN3O3S/c1-16-22(31-21(26-16)15-30-20-9-7-19(24)8-10-20)23(28)27(11-12-29-2)14-18-5-3-17(13-25)4-6-18/h3-10H,11-12,14-15H2,1-2H3. The number of aryl methyl sites for hydroxylation is 1. The number of hydrogen-bond acceptors (Lipinski definition) is 6. The fourth-order valence-corrected chi connectivity index (χ4v) is 3.84. The van der Waals surface area contributed by atoms with E-state index in [1.54, 1.807) is 43.2 Å². The maximum atomic E-state index is 13.2. The topological polar surface area (TPSA) is 75.5 Å². The highest BCUT2D eigenvalue weighted by molar-refractivity contribution is 7.13. The van der Waals surface area contributed by atoms with E-state index in [9.17, 15) is 9.18 Å². The van der Waals surface area contributed by atoms with E-state index in [4.69, 9.17) is 14.7 Å². The molecule has 0 spiro atoms. The Morgan fingerprint density at radius 3 is 2.55 bits per heavy atom. The van der Waals surface area contributed by atoms with Crippen LogP contribution in [0.1, 0.15) is 31.5 Å². The molecule has 8 heteroatoms. The van der Waals surface area contributed by atoms with Crippen molar-refractivity contribution in [3.05, 3.63) is 81.1 Å². The number of benzene rings is 2. The number of aromatic nitrogens is 1. The number of carbonyl (C=O) groups excluding carboxylic acids is 1. The van der Waals surface area contributed by atoms with Crippen molar-refractivity contribution in [1.29, 1.82) is 5.26 Å². The van der Waals surface area contributed by atoms with Gasteiger partial charge in [0.2, 0.25) is 0 Å². The molecule has 0 saturated heterocycles. The number of methoxy groups -OCH3 is 1. The summed E-state index contributed by atoms with van der Waals surface area (Å²) in [6.07, 6.45) is 0. The summed E-state index contributed by atoms with van der Waals surface area (Å²) in [4.78, 5) is 19.9. The molecule has 0 fully saturated rings. The molecular weight excluding hydrogens is 417 g/mol. The van der Waals surface area contributed by atoms with E-state index in [-0.39, 0.29) is 18.3 Å². The number of nitrogens with zero attached hydrogens (tertiary/aromatic N) is 3. The summed E-state index contributed by atoms with van der Waals surface area (Å²) in [6, 6.07) is 15.0. The van der Waals surface area contributed by atoms with Crippen molar-refractivity contribution >= 4 is 17.2 Å². The second-order valence-electron chi connectivity index (χ2n) is 6.79. The number of thiazole rings is 1. The third-order valence-electron chi connectivity index (χ3n) is 4.52. The van der Waals surface area contributed by atoms with E-state index in [0.717, 1.165) is 5.56 Å². The summed E-state index contributed by atoms with van der Waals surface area (Å²) in [5, 5.41) is 9.62. The number of carbonyl (C=O) groups is 1. The van der Waals surface area contributed by atoms with Gasteiger partial charge in [-0.3, -0.25) is 4.79 Å². The molecule has 2 aromatic carbocycles. The third-order valence-corrected chi connectivity index (χ3v) is 5.64. The normalized spacial score (nSPS) is 10.5. The van der Waals surface area contributed by atoms with Gasteiger partial charge in [0.25, 0.3) is 5.91 Å². The lowest BCUT2D eigenvalue weighted by molar-refractivity contribution is 0.0684. The highest BCUT2D eigenvalue weighted by atomic mass is 32.1. The van der Waals surface area contributed by atoms with Crippen LogP contribution in [0.4, 0.5) is 4.39 Å².